The molecular weight excluding hydrogens is 524 g/mol. The van der Waals surface area contributed by atoms with Gasteiger partial charge in [0.2, 0.25) is 17.7 Å². The Morgan fingerprint density at radius 2 is 1.66 bits per heavy atom. The fourth-order valence-corrected chi connectivity index (χ4v) is 7.19. The second-order valence-corrected chi connectivity index (χ2v) is 10.7. The highest BCUT2D eigenvalue weighted by Crippen LogP contribution is 2.60. The number of imide groups is 1. The largest absolute Gasteiger partial charge is 0.325 e. The molecule has 1 aromatic carbocycles. The van der Waals surface area contributed by atoms with E-state index >= 15 is 0 Å². The molecule has 156 valence electrons. The minimum atomic E-state index is -0.146. The van der Waals surface area contributed by atoms with Crippen molar-refractivity contribution in [3.63, 3.8) is 0 Å². The molecule has 3 fully saturated rings. The number of hydrogen-bond acceptors (Lipinski definition) is 3. The number of fused-ring (bicyclic) bond motifs is 5. The van der Waals surface area contributed by atoms with Gasteiger partial charge in [0.25, 0.3) is 0 Å². The lowest BCUT2D eigenvalue weighted by molar-refractivity contribution is -0.140. The topological polar surface area (TPSA) is 66.5 Å². The molecule has 6 atom stereocenters. The zero-order valence-corrected chi connectivity index (χ0v) is 19.7. The van der Waals surface area contributed by atoms with Gasteiger partial charge in [-0.3, -0.25) is 19.3 Å². The first-order chi connectivity index (χ1) is 13.9. The first kappa shape index (κ1) is 21.3. The summed E-state index contributed by atoms with van der Waals surface area (Å²) in [5.74, 6) is 0.151. The highest BCUT2D eigenvalue weighted by molar-refractivity contribution is 9.12. The van der Waals surface area contributed by atoms with Crippen molar-refractivity contribution in [2.24, 2.45) is 23.7 Å². The number of benzene rings is 1. The summed E-state index contributed by atoms with van der Waals surface area (Å²) in [6.45, 7) is 0.455. The van der Waals surface area contributed by atoms with Crippen molar-refractivity contribution >= 4 is 66.9 Å². The van der Waals surface area contributed by atoms with E-state index in [1.54, 1.807) is 12.1 Å². The zero-order chi connectivity index (χ0) is 20.7. The van der Waals surface area contributed by atoms with Crippen molar-refractivity contribution in [1.82, 2.24) is 4.90 Å². The number of nitrogens with one attached hydrogen (secondary N) is 1. The number of carbonyl (C=O) groups is 3. The summed E-state index contributed by atoms with van der Waals surface area (Å²) >= 11 is 13.5. The van der Waals surface area contributed by atoms with E-state index in [0.29, 0.717) is 30.1 Å². The van der Waals surface area contributed by atoms with Crippen LogP contribution in [0.15, 0.2) is 24.3 Å². The number of rotatable bonds is 7. The standard InChI is InChI=1S/C21H23Br2ClN2O3/c22-18-11-10-12(19(18)23)17-16(11)20(28)26(21(17)29)9-5-1-2-8-15(27)25-14-7-4-3-6-13(14)24/h3-4,6-7,11-12,16-19H,1-2,5,8-10H2,(H,25,27)/t11-,12-,16-,17+,18+,19+/m1/s1. The van der Waals surface area contributed by atoms with E-state index in [4.69, 9.17) is 11.6 Å². The van der Waals surface area contributed by atoms with Gasteiger partial charge in [-0.2, -0.15) is 0 Å². The number of amides is 3. The average molecular weight is 547 g/mol. The summed E-state index contributed by atoms with van der Waals surface area (Å²) in [7, 11) is 0. The van der Waals surface area contributed by atoms with Gasteiger partial charge in [-0.25, -0.2) is 0 Å². The Kier molecular flexibility index (Phi) is 6.38. The number of nitrogens with zero attached hydrogens (tertiary/aromatic N) is 1. The van der Waals surface area contributed by atoms with Crippen LogP contribution in [0.3, 0.4) is 0 Å². The number of anilines is 1. The minimum Gasteiger partial charge on any atom is -0.325 e. The number of carbonyl (C=O) groups excluding carboxylic acids is 3. The van der Waals surface area contributed by atoms with Crippen LogP contribution in [0, 0.1) is 23.7 Å². The molecule has 0 unspecified atom stereocenters. The number of para-hydroxylation sites is 1. The lowest BCUT2D eigenvalue weighted by Gasteiger charge is -2.28. The second kappa shape index (κ2) is 8.67. The maximum absolute atomic E-state index is 12.8. The fourth-order valence-electron chi connectivity index (χ4n) is 5.14. The predicted molar refractivity (Wildman–Crippen MR) is 119 cm³/mol. The van der Waals surface area contributed by atoms with Crippen LogP contribution < -0.4 is 5.32 Å². The smallest absolute Gasteiger partial charge is 0.233 e. The van der Waals surface area contributed by atoms with E-state index in [1.807, 2.05) is 12.1 Å². The minimum absolute atomic E-state index is 0.00723. The third-order valence-corrected chi connectivity index (χ3v) is 10.0. The molecule has 29 heavy (non-hydrogen) atoms. The SMILES string of the molecule is O=C(CCCCCN1C(=O)[C@@H]2[C@H]3C[C@@H]([C@H](Br)[C@H]3Br)[C@@H]2C1=O)Nc1ccccc1Cl. The van der Waals surface area contributed by atoms with Crippen LogP contribution >= 0.6 is 43.5 Å². The van der Waals surface area contributed by atoms with Gasteiger partial charge in [0.15, 0.2) is 0 Å². The van der Waals surface area contributed by atoms with E-state index in [2.05, 4.69) is 37.2 Å². The van der Waals surface area contributed by atoms with Crippen molar-refractivity contribution in [2.75, 3.05) is 11.9 Å². The Labute approximate surface area is 192 Å². The van der Waals surface area contributed by atoms with E-state index in [9.17, 15) is 14.4 Å². The van der Waals surface area contributed by atoms with Crippen molar-refractivity contribution in [1.29, 1.82) is 0 Å². The molecule has 1 heterocycles. The van der Waals surface area contributed by atoms with E-state index in [-0.39, 0.29) is 51.0 Å². The van der Waals surface area contributed by atoms with Gasteiger partial charge < -0.3 is 5.32 Å². The molecule has 2 aliphatic carbocycles. The van der Waals surface area contributed by atoms with Gasteiger partial charge >= 0.3 is 0 Å². The molecule has 1 N–H and O–H groups in total. The van der Waals surface area contributed by atoms with Crippen LogP contribution in [0.25, 0.3) is 0 Å². The summed E-state index contributed by atoms with van der Waals surface area (Å²) in [5.41, 5.74) is 0.615. The quantitative estimate of drug-likeness (QED) is 0.309. The number of hydrogen-bond donors (Lipinski definition) is 1. The Morgan fingerprint density at radius 3 is 2.28 bits per heavy atom. The Morgan fingerprint density at radius 1 is 1.03 bits per heavy atom. The summed E-state index contributed by atoms with van der Waals surface area (Å²) < 4.78 is 0. The van der Waals surface area contributed by atoms with Gasteiger partial charge in [-0.05, 0) is 43.2 Å². The molecule has 3 aliphatic rings. The molecule has 8 heteroatoms. The summed E-state index contributed by atoms with van der Waals surface area (Å²) in [4.78, 5) is 39.7. The monoisotopic (exact) mass is 544 g/mol. The number of alkyl halides is 2. The van der Waals surface area contributed by atoms with Gasteiger partial charge in [-0.15, -0.1) is 0 Å². The molecule has 5 nitrogen and oxygen atoms in total. The molecule has 0 aromatic heterocycles. The zero-order valence-electron chi connectivity index (χ0n) is 15.8. The van der Waals surface area contributed by atoms with Gasteiger partial charge in [0, 0.05) is 22.6 Å². The van der Waals surface area contributed by atoms with Crippen molar-refractivity contribution in [2.45, 2.75) is 41.8 Å². The molecule has 0 radical (unpaired) electrons. The molecule has 0 spiro atoms. The summed E-state index contributed by atoms with van der Waals surface area (Å²) in [6.07, 6.45) is 3.56. The lowest BCUT2D eigenvalue weighted by Crippen LogP contribution is -2.37. The third-order valence-electron chi connectivity index (χ3n) is 6.51. The maximum Gasteiger partial charge on any atom is 0.233 e. The van der Waals surface area contributed by atoms with Crippen LogP contribution in [0.5, 0.6) is 0 Å². The summed E-state index contributed by atoms with van der Waals surface area (Å²) in [5, 5.41) is 3.33. The summed E-state index contributed by atoms with van der Waals surface area (Å²) in [6, 6.07) is 7.14. The lowest BCUT2D eigenvalue weighted by atomic mass is 9.81. The maximum atomic E-state index is 12.8. The van der Waals surface area contributed by atoms with Crippen LogP contribution in [-0.2, 0) is 14.4 Å². The molecule has 3 amide bonds. The first-order valence-electron chi connectivity index (χ1n) is 10.1. The fraction of sp³-hybridized carbons (Fsp3) is 0.571. The number of likely N-dealkylation sites (tertiary alicyclic amines) is 1. The number of unbranched alkanes of at least 4 members (excludes halogenated alkanes) is 2. The van der Waals surface area contributed by atoms with Gasteiger partial charge in [0.1, 0.15) is 0 Å². The highest BCUT2D eigenvalue weighted by Gasteiger charge is 2.66. The highest BCUT2D eigenvalue weighted by atomic mass is 79.9. The molecule has 1 aliphatic heterocycles. The second-order valence-electron chi connectivity index (χ2n) is 8.17. The predicted octanol–water partition coefficient (Wildman–Crippen LogP) is 4.62. The molecular formula is C21H23Br2ClN2O3. The van der Waals surface area contributed by atoms with Crippen molar-refractivity contribution in [3.05, 3.63) is 29.3 Å². The van der Waals surface area contributed by atoms with E-state index in [1.165, 1.54) is 4.90 Å². The normalized spacial score (nSPS) is 32.7. The van der Waals surface area contributed by atoms with Crippen LogP contribution in [0.2, 0.25) is 5.02 Å². The van der Waals surface area contributed by atoms with Crippen LogP contribution in [-0.4, -0.2) is 38.8 Å². The Balaban J connectivity index is 1.22. The van der Waals surface area contributed by atoms with Crippen molar-refractivity contribution in [3.8, 4) is 0 Å². The molecule has 2 saturated carbocycles. The number of halogens is 3. The Bertz CT molecular complexity index is 804. The molecule has 4 rings (SSSR count). The Hall–Kier alpha value is -0.920. The molecule has 1 aromatic rings. The average Bonchev–Trinajstić information content (AvgIpc) is 3.29. The third kappa shape index (κ3) is 3.90. The van der Waals surface area contributed by atoms with Gasteiger partial charge in [0.05, 0.1) is 22.5 Å². The van der Waals surface area contributed by atoms with Crippen molar-refractivity contribution < 1.29 is 14.4 Å². The van der Waals surface area contributed by atoms with E-state index < -0.39 is 0 Å². The molecule has 2 bridgehead atoms. The first-order valence-corrected chi connectivity index (χ1v) is 12.3. The van der Waals surface area contributed by atoms with E-state index in [0.717, 1.165) is 19.3 Å². The molecule has 1 saturated heterocycles. The van der Waals surface area contributed by atoms with Crippen LogP contribution in [0.1, 0.15) is 32.1 Å². The van der Waals surface area contributed by atoms with Crippen LogP contribution in [0.4, 0.5) is 5.69 Å². The van der Waals surface area contributed by atoms with Gasteiger partial charge in [-0.1, -0.05) is 62.0 Å².